The van der Waals surface area contributed by atoms with Gasteiger partial charge in [0.25, 0.3) is 0 Å². The lowest BCUT2D eigenvalue weighted by atomic mass is 9.74. The highest BCUT2D eigenvalue weighted by atomic mass is 14.9. The molecule has 0 aromatic heterocycles. The van der Waals surface area contributed by atoms with Crippen LogP contribution in [0.3, 0.4) is 0 Å². The van der Waals surface area contributed by atoms with Gasteiger partial charge in [0, 0.05) is 6.04 Å². The molecule has 0 aliphatic heterocycles. The van der Waals surface area contributed by atoms with E-state index < -0.39 is 0 Å². The molecule has 1 rings (SSSR count). The summed E-state index contributed by atoms with van der Waals surface area (Å²) in [5.41, 5.74) is 0. The first-order valence-corrected chi connectivity index (χ1v) is 7.44. The Kier molecular flexibility index (Phi) is 6.41. The largest absolute Gasteiger partial charge is 0.314 e. The molecule has 0 amide bonds. The van der Waals surface area contributed by atoms with Crippen molar-refractivity contribution in [2.24, 2.45) is 17.8 Å². The zero-order chi connectivity index (χ0) is 12.0. The Morgan fingerprint density at radius 2 is 1.81 bits per heavy atom. The highest BCUT2D eigenvalue weighted by molar-refractivity contribution is 4.84. The normalized spacial score (nSPS) is 30.9. The van der Waals surface area contributed by atoms with E-state index in [-0.39, 0.29) is 0 Å². The lowest BCUT2D eigenvalue weighted by Crippen LogP contribution is -2.41. The van der Waals surface area contributed by atoms with Crippen molar-refractivity contribution in [1.82, 2.24) is 5.32 Å². The van der Waals surface area contributed by atoms with Crippen LogP contribution in [0.4, 0.5) is 0 Å². The Hall–Kier alpha value is -0.0400. The molecule has 0 aromatic carbocycles. The van der Waals surface area contributed by atoms with Crippen molar-refractivity contribution in [1.29, 1.82) is 0 Å². The summed E-state index contributed by atoms with van der Waals surface area (Å²) in [6.45, 7) is 10.5. The molecule has 0 aromatic rings. The minimum absolute atomic E-state index is 0.807. The van der Waals surface area contributed by atoms with Crippen molar-refractivity contribution >= 4 is 0 Å². The van der Waals surface area contributed by atoms with Crippen LogP contribution in [0.1, 0.15) is 66.2 Å². The molecule has 1 saturated carbocycles. The van der Waals surface area contributed by atoms with E-state index >= 15 is 0 Å². The topological polar surface area (TPSA) is 12.0 Å². The molecular weight excluding hydrogens is 194 g/mol. The van der Waals surface area contributed by atoms with Crippen molar-refractivity contribution in [3.8, 4) is 0 Å². The van der Waals surface area contributed by atoms with E-state index in [1.54, 1.807) is 0 Å². The second-order valence-corrected chi connectivity index (χ2v) is 5.76. The Balaban J connectivity index is 2.49. The van der Waals surface area contributed by atoms with Crippen molar-refractivity contribution < 1.29 is 0 Å². The second kappa shape index (κ2) is 7.32. The van der Waals surface area contributed by atoms with Gasteiger partial charge in [0.1, 0.15) is 0 Å². The third kappa shape index (κ3) is 4.08. The van der Waals surface area contributed by atoms with Crippen LogP contribution in [0.5, 0.6) is 0 Å². The Morgan fingerprint density at radius 1 is 1.12 bits per heavy atom. The van der Waals surface area contributed by atoms with Crippen LogP contribution in [-0.4, -0.2) is 12.6 Å². The molecule has 0 spiro atoms. The van der Waals surface area contributed by atoms with Crippen LogP contribution in [0, 0.1) is 17.8 Å². The van der Waals surface area contributed by atoms with E-state index in [4.69, 9.17) is 0 Å². The summed E-state index contributed by atoms with van der Waals surface area (Å²) in [4.78, 5) is 0. The molecule has 1 heteroatoms. The molecule has 96 valence electrons. The summed E-state index contributed by atoms with van der Waals surface area (Å²) in [6, 6.07) is 0.807. The highest BCUT2D eigenvalue weighted by Crippen LogP contribution is 2.34. The van der Waals surface area contributed by atoms with Crippen LogP contribution in [0.25, 0.3) is 0 Å². The Labute approximate surface area is 102 Å². The standard InChI is InChI=1S/C15H31N/c1-5-13(6-2)11-14-10-12(4)8-9-15(14)16-7-3/h12-16H,5-11H2,1-4H3. The van der Waals surface area contributed by atoms with Gasteiger partial charge in [0.2, 0.25) is 0 Å². The molecule has 1 aliphatic carbocycles. The van der Waals surface area contributed by atoms with Gasteiger partial charge in [0.05, 0.1) is 0 Å². The fourth-order valence-electron chi connectivity index (χ4n) is 3.34. The molecule has 1 aliphatic rings. The second-order valence-electron chi connectivity index (χ2n) is 5.76. The van der Waals surface area contributed by atoms with Crippen molar-refractivity contribution in [3.63, 3.8) is 0 Å². The molecule has 0 bridgehead atoms. The molecule has 16 heavy (non-hydrogen) atoms. The summed E-state index contributed by atoms with van der Waals surface area (Å²) in [5.74, 6) is 2.85. The van der Waals surface area contributed by atoms with Gasteiger partial charge in [-0.1, -0.05) is 40.5 Å². The van der Waals surface area contributed by atoms with E-state index in [0.29, 0.717) is 0 Å². The average Bonchev–Trinajstić information content (AvgIpc) is 2.29. The SMILES string of the molecule is CCNC1CCC(C)CC1CC(CC)CC. The van der Waals surface area contributed by atoms with Gasteiger partial charge < -0.3 is 5.32 Å². The third-order valence-corrected chi connectivity index (χ3v) is 4.50. The number of nitrogens with one attached hydrogen (secondary N) is 1. The van der Waals surface area contributed by atoms with Gasteiger partial charge in [-0.15, -0.1) is 0 Å². The van der Waals surface area contributed by atoms with Gasteiger partial charge >= 0.3 is 0 Å². The Morgan fingerprint density at radius 3 is 2.38 bits per heavy atom. The van der Waals surface area contributed by atoms with Gasteiger partial charge in [-0.05, 0) is 50.0 Å². The third-order valence-electron chi connectivity index (χ3n) is 4.50. The van der Waals surface area contributed by atoms with Gasteiger partial charge in [-0.3, -0.25) is 0 Å². The molecule has 0 radical (unpaired) electrons. The quantitative estimate of drug-likeness (QED) is 0.713. The predicted octanol–water partition coefficient (Wildman–Crippen LogP) is 4.23. The first kappa shape index (κ1) is 14.0. The fraction of sp³-hybridized carbons (Fsp3) is 1.00. The molecule has 0 saturated heterocycles. The number of hydrogen-bond acceptors (Lipinski definition) is 1. The van der Waals surface area contributed by atoms with Crippen LogP contribution in [0.15, 0.2) is 0 Å². The van der Waals surface area contributed by atoms with E-state index in [9.17, 15) is 0 Å². The van der Waals surface area contributed by atoms with E-state index in [2.05, 4.69) is 33.0 Å². The summed E-state index contributed by atoms with van der Waals surface area (Å²) < 4.78 is 0. The van der Waals surface area contributed by atoms with Gasteiger partial charge in [-0.2, -0.15) is 0 Å². The van der Waals surface area contributed by atoms with Crippen molar-refractivity contribution in [3.05, 3.63) is 0 Å². The van der Waals surface area contributed by atoms with Crippen LogP contribution in [-0.2, 0) is 0 Å². The zero-order valence-electron chi connectivity index (χ0n) is 11.8. The van der Waals surface area contributed by atoms with Crippen LogP contribution < -0.4 is 5.32 Å². The van der Waals surface area contributed by atoms with E-state index in [1.165, 1.54) is 38.5 Å². The lowest BCUT2D eigenvalue weighted by Gasteiger charge is -2.37. The molecule has 1 N–H and O–H groups in total. The molecule has 3 atom stereocenters. The predicted molar refractivity (Wildman–Crippen MR) is 72.7 cm³/mol. The van der Waals surface area contributed by atoms with Gasteiger partial charge in [-0.25, -0.2) is 0 Å². The Bertz CT molecular complexity index is 174. The number of hydrogen-bond donors (Lipinski definition) is 1. The van der Waals surface area contributed by atoms with Crippen LogP contribution >= 0.6 is 0 Å². The smallest absolute Gasteiger partial charge is 0.00955 e. The molecule has 1 fully saturated rings. The van der Waals surface area contributed by atoms with Gasteiger partial charge in [0.15, 0.2) is 0 Å². The molecule has 1 nitrogen and oxygen atoms in total. The van der Waals surface area contributed by atoms with E-state index in [1.807, 2.05) is 0 Å². The maximum absolute atomic E-state index is 3.71. The monoisotopic (exact) mass is 225 g/mol. The first-order valence-electron chi connectivity index (χ1n) is 7.44. The minimum Gasteiger partial charge on any atom is -0.314 e. The minimum atomic E-state index is 0.807. The maximum Gasteiger partial charge on any atom is 0.00955 e. The number of rotatable bonds is 6. The summed E-state index contributed by atoms with van der Waals surface area (Å²) in [6.07, 6.45) is 8.46. The lowest BCUT2D eigenvalue weighted by molar-refractivity contribution is 0.179. The highest BCUT2D eigenvalue weighted by Gasteiger charge is 2.29. The zero-order valence-corrected chi connectivity index (χ0v) is 11.8. The summed E-state index contributed by atoms with van der Waals surface area (Å²) in [5, 5.41) is 3.71. The van der Waals surface area contributed by atoms with Crippen LogP contribution in [0.2, 0.25) is 0 Å². The maximum atomic E-state index is 3.71. The summed E-state index contributed by atoms with van der Waals surface area (Å²) >= 11 is 0. The average molecular weight is 225 g/mol. The van der Waals surface area contributed by atoms with E-state index in [0.717, 1.165) is 30.3 Å². The van der Waals surface area contributed by atoms with Crippen molar-refractivity contribution in [2.75, 3.05) is 6.54 Å². The molecule has 0 heterocycles. The molecular formula is C15H31N. The summed E-state index contributed by atoms with van der Waals surface area (Å²) in [7, 11) is 0. The first-order chi connectivity index (χ1) is 7.71. The fourth-order valence-corrected chi connectivity index (χ4v) is 3.34. The molecule has 3 unspecified atom stereocenters. The van der Waals surface area contributed by atoms with Crippen molar-refractivity contribution in [2.45, 2.75) is 72.3 Å².